The van der Waals surface area contributed by atoms with Crippen molar-refractivity contribution in [3.8, 4) is 11.1 Å². The van der Waals surface area contributed by atoms with Crippen LogP contribution < -0.4 is 26.7 Å². The number of hydrazone groups is 1. The fourth-order valence-electron chi connectivity index (χ4n) is 8.30. The van der Waals surface area contributed by atoms with Gasteiger partial charge in [-0.15, -0.1) is 0 Å². The summed E-state index contributed by atoms with van der Waals surface area (Å²) in [4.78, 5) is 55.1. The van der Waals surface area contributed by atoms with Gasteiger partial charge in [-0.25, -0.2) is 9.78 Å². The van der Waals surface area contributed by atoms with Gasteiger partial charge in [0.05, 0.1) is 11.8 Å². The molecule has 0 bridgehead atoms. The van der Waals surface area contributed by atoms with Crippen molar-refractivity contribution in [2.45, 2.75) is 101 Å². The lowest BCUT2D eigenvalue weighted by Gasteiger charge is -2.21. The van der Waals surface area contributed by atoms with Gasteiger partial charge in [0.15, 0.2) is 0 Å². The molecule has 0 unspecified atom stereocenters. The van der Waals surface area contributed by atoms with Gasteiger partial charge in [-0.3, -0.25) is 24.4 Å². The molecule has 1 aliphatic carbocycles. The molecule has 4 amide bonds. The molecule has 0 saturated heterocycles. The highest BCUT2D eigenvalue weighted by Crippen LogP contribution is 2.44. The fourth-order valence-corrected chi connectivity index (χ4v) is 8.97. The van der Waals surface area contributed by atoms with E-state index < -0.39 is 22.3 Å². The van der Waals surface area contributed by atoms with Gasteiger partial charge in [-0.1, -0.05) is 131 Å². The SMILES string of the molecule is CC(C)C[C@H](NC(=O)OCC1c2ccccc2-c2ccccc21)C(=O)Nc1ccc(CCCCCCCCCCC(=O)NCCNC(=O)c2ccc(N/N=C/c3ccccc3S(=O)(=O)O)nc2)cc1. The Kier molecular flexibility index (Phi) is 19.4. The summed E-state index contributed by atoms with van der Waals surface area (Å²) in [6, 6.07) is 32.5. The Bertz CT molecular complexity index is 2590. The maximum atomic E-state index is 13.4. The molecule has 1 atom stereocenters. The molecule has 6 rings (SSSR count). The molecule has 0 aliphatic heterocycles. The number of carbonyl (C=O) groups excluding carboxylic acids is 4. The molecule has 1 aliphatic rings. The van der Waals surface area contributed by atoms with Crippen LogP contribution in [0.1, 0.15) is 117 Å². The van der Waals surface area contributed by atoms with E-state index in [4.69, 9.17) is 4.74 Å². The number of hydrogen-bond acceptors (Lipinski definition) is 10. The number of pyridine rings is 1. The third-order valence-corrected chi connectivity index (χ3v) is 12.8. The van der Waals surface area contributed by atoms with Gasteiger partial charge >= 0.3 is 6.09 Å². The number of aromatic nitrogens is 1. The third kappa shape index (κ3) is 16.1. The lowest BCUT2D eigenvalue weighted by molar-refractivity contribution is -0.121. The van der Waals surface area contributed by atoms with E-state index in [1.165, 1.54) is 36.2 Å². The maximum Gasteiger partial charge on any atom is 0.407 e. The standard InChI is InChI=1S/C53H63N7O8S/c1-37(2)33-47(59-53(64)68-36-46-44-21-14-12-19-42(44)43-20-13-15-22-45(43)46)52(63)58-41-28-25-38(26-29-41)17-9-7-5-3-4-6-8-10-24-50(61)54-31-32-55-51(62)40-27-30-49(56-34-40)60-57-35-39-18-11-16-23-48(39)69(65,66)67/h11-16,18-23,25-30,34-35,37,46-47H,3-10,17,24,31-33,36H2,1-2H3,(H,54,61)(H,55,62)(H,56,60)(H,58,63)(H,59,64)(H,65,66,67)/b57-35+/t47-/m0/s1. The predicted molar refractivity (Wildman–Crippen MR) is 269 cm³/mol. The van der Waals surface area contributed by atoms with Crippen LogP contribution in [0.15, 0.2) is 125 Å². The molecule has 1 aromatic heterocycles. The molecule has 69 heavy (non-hydrogen) atoms. The first-order valence-corrected chi connectivity index (χ1v) is 25.2. The van der Waals surface area contributed by atoms with E-state index in [2.05, 4.69) is 61.0 Å². The van der Waals surface area contributed by atoms with Crippen LogP contribution in [-0.4, -0.2) is 73.7 Å². The smallest absolute Gasteiger partial charge is 0.407 e. The van der Waals surface area contributed by atoms with E-state index in [1.54, 1.807) is 18.2 Å². The van der Waals surface area contributed by atoms with Crippen LogP contribution in [0.4, 0.5) is 16.3 Å². The van der Waals surface area contributed by atoms with Crippen LogP contribution in [0.5, 0.6) is 0 Å². The molecule has 0 spiro atoms. The van der Waals surface area contributed by atoms with Gasteiger partial charge in [-0.2, -0.15) is 13.5 Å². The number of anilines is 2. The minimum atomic E-state index is -4.40. The zero-order chi connectivity index (χ0) is 49.0. The number of nitrogens with one attached hydrogen (secondary N) is 5. The minimum Gasteiger partial charge on any atom is -0.449 e. The predicted octanol–water partition coefficient (Wildman–Crippen LogP) is 9.27. The van der Waals surface area contributed by atoms with Gasteiger partial charge in [0, 0.05) is 42.9 Å². The Morgan fingerprint density at radius 1 is 0.754 bits per heavy atom. The minimum absolute atomic E-state index is 0.0463. The largest absolute Gasteiger partial charge is 0.449 e. The molecule has 364 valence electrons. The van der Waals surface area contributed by atoms with Crippen LogP contribution in [-0.2, 0) is 30.9 Å². The van der Waals surface area contributed by atoms with Crippen LogP contribution in [0.2, 0.25) is 0 Å². The van der Waals surface area contributed by atoms with Crippen LogP contribution in [0.3, 0.4) is 0 Å². The first-order chi connectivity index (χ1) is 33.4. The van der Waals surface area contributed by atoms with Gasteiger partial charge in [0.2, 0.25) is 11.8 Å². The first-order valence-electron chi connectivity index (χ1n) is 23.7. The highest BCUT2D eigenvalue weighted by molar-refractivity contribution is 7.86. The highest BCUT2D eigenvalue weighted by atomic mass is 32.2. The molecule has 6 N–H and O–H groups in total. The van der Waals surface area contributed by atoms with Crippen molar-refractivity contribution in [3.05, 3.63) is 143 Å². The summed E-state index contributed by atoms with van der Waals surface area (Å²) in [5.41, 5.74) is 9.62. The molecule has 0 fully saturated rings. The van der Waals surface area contributed by atoms with Crippen molar-refractivity contribution in [1.82, 2.24) is 20.9 Å². The molecular formula is C53H63N7O8S. The van der Waals surface area contributed by atoms with Gasteiger partial charge in [-0.05, 0) is 89.8 Å². The van der Waals surface area contributed by atoms with E-state index in [0.717, 1.165) is 80.0 Å². The summed E-state index contributed by atoms with van der Waals surface area (Å²) in [6.45, 7) is 4.78. The summed E-state index contributed by atoms with van der Waals surface area (Å²) in [7, 11) is -4.40. The summed E-state index contributed by atoms with van der Waals surface area (Å²) >= 11 is 0. The number of carbonyl (C=O) groups is 4. The second-order valence-corrected chi connectivity index (χ2v) is 19.0. The average molecular weight is 958 g/mol. The van der Waals surface area contributed by atoms with Crippen molar-refractivity contribution < 1.29 is 36.9 Å². The Morgan fingerprint density at radius 3 is 2.03 bits per heavy atom. The fraction of sp³-hybridized carbons (Fsp3) is 0.358. The third-order valence-electron chi connectivity index (χ3n) is 11.8. The second kappa shape index (κ2) is 26.0. The number of ether oxygens (including phenoxy) is 1. The number of aryl methyl sites for hydroxylation is 1. The molecule has 0 radical (unpaired) electrons. The van der Waals surface area contributed by atoms with Crippen molar-refractivity contribution in [2.24, 2.45) is 11.0 Å². The van der Waals surface area contributed by atoms with Crippen LogP contribution in [0.25, 0.3) is 11.1 Å². The number of hydrogen-bond donors (Lipinski definition) is 6. The highest BCUT2D eigenvalue weighted by Gasteiger charge is 2.30. The molecule has 15 nitrogen and oxygen atoms in total. The quantitative estimate of drug-likeness (QED) is 0.0134. The Hall–Kier alpha value is -6.91. The molecule has 5 aromatic rings. The van der Waals surface area contributed by atoms with Crippen LogP contribution >= 0.6 is 0 Å². The van der Waals surface area contributed by atoms with Crippen LogP contribution in [0, 0.1) is 5.92 Å². The van der Waals surface area contributed by atoms with Gasteiger partial charge in [0.1, 0.15) is 23.4 Å². The average Bonchev–Trinajstić information content (AvgIpc) is 3.66. The van der Waals surface area contributed by atoms with Gasteiger partial charge in [0.25, 0.3) is 16.0 Å². The molecule has 4 aromatic carbocycles. The van der Waals surface area contributed by atoms with E-state index in [9.17, 15) is 32.1 Å². The molecule has 1 heterocycles. The lowest BCUT2D eigenvalue weighted by Crippen LogP contribution is -2.45. The maximum absolute atomic E-state index is 13.4. The number of rotatable bonds is 26. The van der Waals surface area contributed by atoms with E-state index >= 15 is 0 Å². The number of nitrogens with zero attached hydrogens (tertiary/aromatic N) is 2. The normalized spacial score (nSPS) is 12.5. The first kappa shape index (κ1) is 51.5. The Labute approximate surface area is 405 Å². The van der Waals surface area contributed by atoms with Crippen molar-refractivity contribution in [3.63, 3.8) is 0 Å². The Morgan fingerprint density at radius 2 is 1.38 bits per heavy atom. The van der Waals surface area contributed by atoms with Crippen molar-refractivity contribution in [1.29, 1.82) is 0 Å². The van der Waals surface area contributed by atoms with E-state index in [-0.39, 0.29) is 53.2 Å². The van der Waals surface area contributed by atoms with E-state index in [0.29, 0.717) is 36.5 Å². The number of fused-ring (bicyclic) bond motifs is 3. The zero-order valence-corrected chi connectivity index (χ0v) is 40.1. The molecule has 0 saturated carbocycles. The topological polar surface area (TPSA) is 217 Å². The van der Waals surface area contributed by atoms with Gasteiger partial charge < -0.3 is 26.0 Å². The number of amides is 4. The lowest BCUT2D eigenvalue weighted by atomic mass is 9.98. The van der Waals surface area contributed by atoms with E-state index in [1.807, 2.05) is 62.4 Å². The molecular weight excluding hydrogens is 895 g/mol. The zero-order valence-electron chi connectivity index (χ0n) is 39.3. The number of unbranched alkanes of at least 4 members (excludes halogenated alkanes) is 7. The number of benzene rings is 4. The summed E-state index contributed by atoms with van der Waals surface area (Å²) in [5, 5.41) is 15.4. The summed E-state index contributed by atoms with van der Waals surface area (Å²) in [5.74, 6) is -0.241. The molecule has 16 heteroatoms. The summed E-state index contributed by atoms with van der Waals surface area (Å²) < 4.78 is 38.2. The monoisotopic (exact) mass is 957 g/mol. The van der Waals surface area contributed by atoms with Crippen molar-refractivity contribution >= 4 is 51.7 Å². The summed E-state index contributed by atoms with van der Waals surface area (Å²) in [6.07, 6.45) is 12.4. The van der Waals surface area contributed by atoms with Crippen molar-refractivity contribution in [2.75, 3.05) is 30.4 Å². The Balaban J connectivity index is 0.772. The number of alkyl carbamates (subject to hydrolysis) is 1. The second-order valence-electron chi connectivity index (χ2n) is 17.6.